The Labute approximate surface area is 165 Å². The van der Waals surface area contributed by atoms with Crippen LogP contribution in [-0.2, 0) is 0 Å². The van der Waals surface area contributed by atoms with Crippen LogP contribution >= 0.6 is 0 Å². The maximum Gasteiger partial charge on any atom is 0.494 e. The molecule has 0 radical (unpaired) electrons. The van der Waals surface area contributed by atoms with E-state index in [0.29, 0.717) is 10.8 Å². The van der Waals surface area contributed by atoms with Crippen molar-refractivity contribution in [2.75, 3.05) is 0 Å². The number of ether oxygens (including phenoxy) is 3. The SMILES string of the molecule is FC(F)(F)/C(=N\C1(C(F)(F)F)Oc2ccccc2O1)Oc1ccc2ccccc2c1. The maximum atomic E-state index is 13.7. The largest absolute Gasteiger partial charge is 0.494 e. The molecule has 0 atom stereocenters. The third kappa shape index (κ3) is 3.60. The van der Waals surface area contributed by atoms with Crippen LogP contribution in [0.15, 0.2) is 71.7 Å². The summed E-state index contributed by atoms with van der Waals surface area (Å²) >= 11 is 0. The molecule has 1 aliphatic rings. The van der Waals surface area contributed by atoms with Gasteiger partial charge in [0.25, 0.3) is 0 Å². The highest BCUT2D eigenvalue weighted by molar-refractivity contribution is 5.87. The molecule has 3 aromatic carbocycles. The molecule has 10 heteroatoms. The molecule has 0 aromatic heterocycles. The van der Waals surface area contributed by atoms with E-state index in [9.17, 15) is 26.3 Å². The molecule has 0 spiro atoms. The Morgan fingerprint density at radius 3 is 1.90 bits per heavy atom. The average Bonchev–Trinajstić information content (AvgIpc) is 3.06. The molecule has 0 N–H and O–H groups in total. The summed E-state index contributed by atoms with van der Waals surface area (Å²) in [7, 11) is 0. The van der Waals surface area contributed by atoms with Gasteiger partial charge < -0.3 is 14.2 Å². The number of aliphatic imine (C=N–C) groups is 1. The van der Waals surface area contributed by atoms with Crippen molar-refractivity contribution in [3.05, 3.63) is 66.7 Å². The topological polar surface area (TPSA) is 40.0 Å². The van der Waals surface area contributed by atoms with Crippen molar-refractivity contribution in [2.45, 2.75) is 18.3 Å². The lowest BCUT2D eigenvalue weighted by Gasteiger charge is -2.26. The van der Waals surface area contributed by atoms with Gasteiger partial charge >= 0.3 is 24.2 Å². The highest BCUT2D eigenvalue weighted by Crippen LogP contribution is 2.47. The lowest BCUT2D eigenvalue weighted by molar-refractivity contribution is -0.306. The van der Waals surface area contributed by atoms with Crippen LogP contribution in [0.3, 0.4) is 0 Å². The zero-order valence-corrected chi connectivity index (χ0v) is 14.8. The molecule has 0 unspecified atom stereocenters. The van der Waals surface area contributed by atoms with Crippen molar-refractivity contribution >= 4 is 16.7 Å². The summed E-state index contributed by atoms with van der Waals surface area (Å²) in [4.78, 5) is 2.74. The lowest BCUT2D eigenvalue weighted by Crippen LogP contribution is -2.53. The molecule has 156 valence electrons. The minimum atomic E-state index is -5.44. The number of benzene rings is 3. The molecule has 0 saturated carbocycles. The first-order chi connectivity index (χ1) is 14.1. The number of nitrogens with zero attached hydrogens (tertiary/aromatic N) is 1. The van der Waals surface area contributed by atoms with E-state index in [4.69, 9.17) is 4.74 Å². The summed E-state index contributed by atoms with van der Waals surface area (Å²) in [6, 6.07) is 15.5. The first-order valence-corrected chi connectivity index (χ1v) is 8.45. The highest BCUT2D eigenvalue weighted by Gasteiger charge is 2.66. The molecular weight excluding hydrogens is 416 g/mol. The molecule has 1 aliphatic heterocycles. The van der Waals surface area contributed by atoms with Gasteiger partial charge in [-0.15, -0.1) is 0 Å². The zero-order valence-electron chi connectivity index (χ0n) is 14.8. The fourth-order valence-corrected chi connectivity index (χ4v) is 2.78. The Kier molecular flexibility index (Phi) is 4.52. The molecule has 0 amide bonds. The van der Waals surface area contributed by atoms with Crippen molar-refractivity contribution in [2.24, 2.45) is 4.99 Å². The Bertz CT molecular complexity index is 1100. The minimum absolute atomic E-state index is 0.349. The van der Waals surface area contributed by atoms with Crippen LogP contribution < -0.4 is 14.2 Å². The van der Waals surface area contributed by atoms with Gasteiger partial charge in [-0.2, -0.15) is 31.3 Å². The molecule has 30 heavy (non-hydrogen) atoms. The van der Waals surface area contributed by atoms with Crippen LogP contribution in [0.1, 0.15) is 0 Å². The van der Waals surface area contributed by atoms with E-state index in [1.54, 1.807) is 24.3 Å². The summed E-state index contributed by atoms with van der Waals surface area (Å²) in [5.74, 6) is -7.24. The third-order valence-corrected chi connectivity index (χ3v) is 4.13. The minimum Gasteiger partial charge on any atom is -0.435 e. The second-order valence-electron chi connectivity index (χ2n) is 6.26. The Morgan fingerprint density at radius 1 is 0.767 bits per heavy atom. The Morgan fingerprint density at radius 2 is 1.33 bits per heavy atom. The summed E-state index contributed by atoms with van der Waals surface area (Å²) in [6.45, 7) is 0. The van der Waals surface area contributed by atoms with E-state index < -0.39 is 35.7 Å². The van der Waals surface area contributed by atoms with Gasteiger partial charge in [0.2, 0.25) is 0 Å². The first-order valence-electron chi connectivity index (χ1n) is 8.45. The summed E-state index contributed by atoms with van der Waals surface area (Å²) in [6.07, 6.45) is -10.8. The van der Waals surface area contributed by atoms with E-state index in [1.807, 2.05) is 0 Å². The fraction of sp³-hybridized carbons (Fsp3) is 0.150. The smallest absolute Gasteiger partial charge is 0.435 e. The second kappa shape index (κ2) is 6.82. The number of alkyl halides is 6. The van der Waals surface area contributed by atoms with Crippen molar-refractivity contribution in [1.82, 2.24) is 0 Å². The zero-order chi connectivity index (χ0) is 21.6. The normalized spacial score (nSPS) is 16.0. The van der Waals surface area contributed by atoms with Crippen LogP contribution in [0.2, 0.25) is 0 Å². The van der Waals surface area contributed by atoms with Gasteiger partial charge in [-0.1, -0.05) is 42.5 Å². The fourth-order valence-electron chi connectivity index (χ4n) is 2.78. The number of halogens is 6. The van der Waals surface area contributed by atoms with E-state index in [-0.39, 0.29) is 5.75 Å². The molecule has 4 rings (SSSR count). The van der Waals surface area contributed by atoms with Gasteiger partial charge in [0.05, 0.1) is 0 Å². The number of fused-ring (bicyclic) bond motifs is 2. The van der Waals surface area contributed by atoms with Crippen molar-refractivity contribution in [3.63, 3.8) is 0 Å². The molecule has 0 saturated heterocycles. The average molecular weight is 427 g/mol. The molecular formula is C20H11F6NO3. The summed E-state index contributed by atoms with van der Waals surface area (Å²) in [5, 5.41) is 1.24. The predicted molar refractivity (Wildman–Crippen MR) is 94.6 cm³/mol. The van der Waals surface area contributed by atoms with Gasteiger partial charge in [0, 0.05) is 0 Å². The first kappa shape index (κ1) is 19.9. The van der Waals surface area contributed by atoms with Gasteiger partial charge in [0.15, 0.2) is 11.5 Å². The number of hydrogen-bond donors (Lipinski definition) is 0. The van der Waals surface area contributed by atoms with Gasteiger partial charge in [-0.25, -0.2) is 0 Å². The molecule has 3 aromatic rings. The molecule has 0 aliphatic carbocycles. The van der Waals surface area contributed by atoms with E-state index in [2.05, 4.69) is 14.5 Å². The molecule has 4 nitrogen and oxygen atoms in total. The van der Waals surface area contributed by atoms with Crippen molar-refractivity contribution < 1.29 is 40.6 Å². The number of hydrogen-bond acceptors (Lipinski definition) is 4. The summed E-state index contributed by atoms with van der Waals surface area (Å²) < 4.78 is 95.8. The monoisotopic (exact) mass is 427 g/mol. The molecule has 1 heterocycles. The molecule has 0 bridgehead atoms. The molecule has 0 fully saturated rings. The predicted octanol–water partition coefficient (Wildman–Crippen LogP) is 5.87. The van der Waals surface area contributed by atoms with Crippen LogP contribution in [0.4, 0.5) is 26.3 Å². The quantitative estimate of drug-likeness (QED) is 0.292. The van der Waals surface area contributed by atoms with E-state index in [0.717, 1.165) is 12.1 Å². The van der Waals surface area contributed by atoms with E-state index in [1.165, 1.54) is 30.3 Å². The van der Waals surface area contributed by atoms with Crippen LogP contribution in [0.5, 0.6) is 17.2 Å². The standard InChI is InChI=1S/C20H11F6NO3/c21-18(22,23)17(28-14-10-9-12-5-1-2-6-13(12)11-14)27-20(19(24,25)26)29-15-7-3-4-8-16(15)30-20/h1-11H/b27-17+. The Hall–Kier alpha value is -3.43. The van der Waals surface area contributed by atoms with E-state index >= 15 is 0 Å². The van der Waals surface area contributed by atoms with Crippen LogP contribution in [-0.4, -0.2) is 24.2 Å². The Balaban J connectivity index is 1.76. The van der Waals surface area contributed by atoms with Crippen molar-refractivity contribution in [3.8, 4) is 17.2 Å². The summed E-state index contributed by atoms with van der Waals surface area (Å²) in [5.41, 5.74) is 0. The maximum absolute atomic E-state index is 13.7. The second-order valence-corrected chi connectivity index (χ2v) is 6.26. The number of para-hydroxylation sites is 2. The number of rotatable bonds is 2. The van der Waals surface area contributed by atoms with Gasteiger partial charge in [-0.05, 0) is 35.0 Å². The van der Waals surface area contributed by atoms with Crippen LogP contribution in [0, 0.1) is 0 Å². The lowest BCUT2D eigenvalue weighted by atomic mass is 10.1. The van der Waals surface area contributed by atoms with Crippen molar-refractivity contribution in [1.29, 1.82) is 0 Å². The van der Waals surface area contributed by atoms with Crippen LogP contribution in [0.25, 0.3) is 10.8 Å². The highest BCUT2D eigenvalue weighted by atomic mass is 19.4. The third-order valence-electron chi connectivity index (χ3n) is 4.13. The van der Waals surface area contributed by atoms with Gasteiger partial charge in [-0.3, -0.25) is 0 Å². The van der Waals surface area contributed by atoms with Gasteiger partial charge in [0.1, 0.15) is 5.75 Å².